The van der Waals surface area contributed by atoms with Gasteiger partial charge in [-0.3, -0.25) is 9.59 Å². The average molecular weight is 407 g/mol. The van der Waals surface area contributed by atoms with E-state index in [0.29, 0.717) is 22.9 Å². The number of aromatic nitrogens is 1. The maximum atomic E-state index is 12.9. The Morgan fingerprint density at radius 1 is 0.933 bits per heavy atom. The van der Waals surface area contributed by atoms with Crippen LogP contribution in [0.5, 0.6) is 11.5 Å². The number of pyridine rings is 1. The molecule has 0 saturated heterocycles. The van der Waals surface area contributed by atoms with Crippen LogP contribution in [0.1, 0.15) is 24.2 Å². The molecule has 7 heteroatoms. The number of anilines is 1. The van der Waals surface area contributed by atoms with Crippen molar-refractivity contribution in [2.75, 3.05) is 19.5 Å². The van der Waals surface area contributed by atoms with Gasteiger partial charge in [-0.25, -0.2) is 4.98 Å². The van der Waals surface area contributed by atoms with Crippen LogP contribution in [0.4, 0.5) is 5.82 Å². The quantitative estimate of drug-likeness (QED) is 0.624. The molecule has 1 atom stereocenters. The number of para-hydroxylation sites is 1. The third-order valence-corrected chi connectivity index (χ3v) is 4.70. The van der Waals surface area contributed by atoms with Gasteiger partial charge in [0.2, 0.25) is 5.91 Å². The van der Waals surface area contributed by atoms with Crippen molar-refractivity contribution in [2.45, 2.75) is 19.9 Å². The molecule has 7 nitrogen and oxygen atoms in total. The van der Waals surface area contributed by atoms with Crippen molar-refractivity contribution in [3.63, 3.8) is 0 Å². The highest BCUT2D eigenvalue weighted by Crippen LogP contribution is 2.23. The molecular formula is C23H25N3O4. The Labute approximate surface area is 175 Å². The molecule has 0 aliphatic heterocycles. The largest absolute Gasteiger partial charge is 0.497 e. The van der Waals surface area contributed by atoms with Crippen LogP contribution in [0.3, 0.4) is 0 Å². The van der Waals surface area contributed by atoms with E-state index in [1.165, 1.54) is 14.2 Å². The van der Waals surface area contributed by atoms with E-state index >= 15 is 0 Å². The molecule has 0 bridgehead atoms. The summed E-state index contributed by atoms with van der Waals surface area (Å²) < 4.78 is 10.4. The zero-order valence-electron chi connectivity index (χ0n) is 17.4. The fraction of sp³-hybridized carbons (Fsp3) is 0.261. The molecule has 0 aliphatic carbocycles. The monoisotopic (exact) mass is 407 g/mol. The van der Waals surface area contributed by atoms with Crippen LogP contribution in [0.25, 0.3) is 10.9 Å². The molecule has 0 radical (unpaired) electrons. The number of methoxy groups -OCH3 is 2. The second-order valence-corrected chi connectivity index (χ2v) is 7.17. The Morgan fingerprint density at radius 2 is 1.60 bits per heavy atom. The lowest BCUT2D eigenvalue weighted by atomic mass is 10.0. The predicted octanol–water partition coefficient (Wildman–Crippen LogP) is 3.65. The van der Waals surface area contributed by atoms with Crippen molar-refractivity contribution in [3.05, 3.63) is 60.2 Å². The highest BCUT2D eigenvalue weighted by molar-refractivity contribution is 6.01. The van der Waals surface area contributed by atoms with Gasteiger partial charge in [0.05, 0.1) is 19.7 Å². The summed E-state index contributed by atoms with van der Waals surface area (Å²) in [4.78, 5) is 30.2. The number of rotatable bonds is 7. The fourth-order valence-corrected chi connectivity index (χ4v) is 3.04. The number of carbonyl (C=O) groups excluding carboxylic acids is 2. The second kappa shape index (κ2) is 9.26. The maximum Gasteiger partial charge on any atom is 0.252 e. The number of hydrogen-bond donors (Lipinski definition) is 2. The van der Waals surface area contributed by atoms with Gasteiger partial charge in [-0.2, -0.15) is 0 Å². The zero-order chi connectivity index (χ0) is 21.7. The molecule has 0 spiro atoms. The first-order valence-corrected chi connectivity index (χ1v) is 9.62. The Bertz CT molecular complexity index is 1040. The number of benzene rings is 2. The smallest absolute Gasteiger partial charge is 0.252 e. The van der Waals surface area contributed by atoms with Crippen molar-refractivity contribution >= 4 is 28.5 Å². The summed E-state index contributed by atoms with van der Waals surface area (Å²) in [5.74, 6) is 0.544. The van der Waals surface area contributed by atoms with Crippen LogP contribution < -0.4 is 20.1 Å². The molecule has 156 valence electrons. The molecule has 2 aromatic carbocycles. The summed E-state index contributed by atoms with van der Waals surface area (Å²) in [5, 5.41) is 6.59. The lowest BCUT2D eigenvalue weighted by Gasteiger charge is -2.22. The summed E-state index contributed by atoms with van der Waals surface area (Å²) in [6.07, 6.45) is 0. The van der Waals surface area contributed by atoms with Crippen LogP contribution in [0.2, 0.25) is 0 Å². The van der Waals surface area contributed by atoms with Crippen LogP contribution in [0.15, 0.2) is 54.6 Å². The molecule has 2 N–H and O–H groups in total. The van der Waals surface area contributed by atoms with Gasteiger partial charge >= 0.3 is 0 Å². The lowest BCUT2D eigenvalue weighted by molar-refractivity contribution is -0.118. The van der Waals surface area contributed by atoms with E-state index < -0.39 is 11.9 Å². The van der Waals surface area contributed by atoms with Crippen molar-refractivity contribution < 1.29 is 19.1 Å². The Hall–Kier alpha value is -3.61. The van der Waals surface area contributed by atoms with E-state index in [2.05, 4.69) is 15.6 Å². The van der Waals surface area contributed by atoms with Crippen LogP contribution in [0, 0.1) is 5.92 Å². The number of nitrogens with one attached hydrogen (secondary N) is 2. The van der Waals surface area contributed by atoms with Gasteiger partial charge < -0.3 is 20.1 Å². The Morgan fingerprint density at radius 3 is 2.23 bits per heavy atom. The standard InChI is InChI=1S/C23H25N3O4/c1-14(2)21(26-22(27)16-11-17(29-3)13-18(12-16)30-4)23(28)25-20-10-9-15-7-5-6-8-19(15)24-20/h5-14,21H,1-4H3,(H,26,27)(H,24,25,28)/t21-/m0/s1. The third kappa shape index (κ3) is 4.86. The molecule has 0 fully saturated rings. The number of carbonyl (C=O) groups is 2. The summed E-state index contributed by atoms with van der Waals surface area (Å²) in [6, 6.07) is 15.4. The number of ether oxygens (including phenoxy) is 2. The normalized spacial score (nSPS) is 11.8. The van der Waals surface area contributed by atoms with Gasteiger partial charge in [0.25, 0.3) is 5.91 Å². The van der Waals surface area contributed by atoms with E-state index in [1.807, 2.05) is 44.2 Å². The Kier molecular flexibility index (Phi) is 6.51. The summed E-state index contributed by atoms with van der Waals surface area (Å²) in [6.45, 7) is 3.73. The van der Waals surface area contributed by atoms with Gasteiger partial charge in [0, 0.05) is 17.0 Å². The third-order valence-electron chi connectivity index (χ3n) is 4.70. The molecule has 2 amide bonds. The Balaban J connectivity index is 1.77. The minimum Gasteiger partial charge on any atom is -0.497 e. The van der Waals surface area contributed by atoms with Gasteiger partial charge in [-0.05, 0) is 36.2 Å². The number of fused-ring (bicyclic) bond motifs is 1. The molecule has 1 aromatic heterocycles. The van der Waals surface area contributed by atoms with E-state index in [-0.39, 0.29) is 11.8 Å². The first-order chi connectivity index (χ1) is 14.4. The minimum atomic E-state index is -0.747. The molecule has 0 saturated carbocycles. The van der Waals surface area contributed by atoms with E-state index in [4.69, 9.17) is 9.47 Å². The van der Waals surface area contributed by atoms with E-state index in [9.17, 15) is 9.59 Å². The first-order valence-electron chi connectivity index (χ1n) is 9.62. The first kappa shape index (κ1) is 21.1. The topological polar surface area (TPSA) is 89.5 Å². The summed E-state index contributed by atoms with van der Waals surface area (Å²) in [7, 11) is 3.02. The van der Waals surface area contributed by atoms with Crippen molar-refractivity contribution in [3.8, 4) is 11.5 Å². The molecular weight excluding hydrogens is 382 g/mol. The molecule has 30 heavy (non-hydrogen) atoms. The van der Waals surface area contributed by atoms with Gasteiger partial charge in [-0.1, -0.05) is 32.0 Å². The zero-order valence-corrected chi connectivity index (χ0v) is 17.4. The van der Waals surface area contributed by atoms with E-state index in [1.54, 1.807) is 24.3 Å². The SMILES string of the molecule is COc1cc(OC)cc(C(=O)N[C@H](C(=O)Nc2ccc3ccccc3n2)C(C)C)c1. The van der Waals surface area contributed by atoms with Crippen molar-refractivity contribution in [1.29, 1.82) is 0 Å². The number of nitrogens with zero attached hydrogens (tertiary/aromatic N) is 1. The van der Waals surface area contributed by atoms with Gasteiger partial charge in [-0.15, -0.1) is 0 Å². The van der Waals surface area contributed by atoms with Crippen LogP contribution in [-0.4, -0.2) is 37.1 Å². The maximum absolute atomic E-state index is 12.9. The average Bonchev–Trinajstić information content (AvgIpc) is 2.76. The van der Waals surface area contributed by atoms with Gasteiger partial charge in [0.15, 0.2) is 0 Å². The van der Waals surface area contributed by atoms with Crippen molar-refractivity contribution in [1.82, 2.24) is 10.3 Å². The highest BCUT2D eigenvalue weighted by Gasteiger charge is 2.25. The number of hydrogen-bond acceptors (Lipinski definition) is 5. The second-order valence-electron chi connectivity index (χ2n) is 7.17. The predicted molar refractivity (Wildman–Crippen MR) is 116 cm³/mol. The van der Waals surface area contributed by atoms with E-state index in [0.717, 1.165) is 10.9 Å². The molecule has 0 aliphatic rings. The van der Waals surface area contributed by atoms with Crippen LogP contribution >= 0.6 is 0 Å². The van der Waals surface area contributed by atoms with Gasteiger partial charge in [0.1, 0.15) is 23.4 Å². The molecule has 0 unspecified atom stereocenters. The van der Waals surface area contributed by atoms with Crippen LogP contribution in [-0.2, 0) is 4.79 Å². The highest BCUT2D eigenvalue weighted by atomic mass is 16.5. The van der Waals surface area contributed by atoms with Crippen molar-refractivity contribution in [2.24, 2.45) is 5.92 Å². The molecule has 3 rings (SSSR count). The number of amides is 2. The minimum absolute atomic E-state index is 0.137. The summed E-state index contributed by atoms with van der Waals surface area (Å²) >= 11 is 0. The molecule has 3 aromatic rings. The molecule has 1 heterocycles. The fourth-order valence-electron chi connectivity index (χ4n) is 3.04. The summed E-state index contributed by atoms with van der Waals surface area (Å²) in [5.41, 5.74) is 1.12. The lowest BCUT2D eigenvalue weighted by Crippen LogP contribution is -2.47.